The molecule has 1 rings (SSSR count). The van der Waals surface area contributed by atoms with Crippen molar-refractivity contribution in [2.75, 3.05) is 0 Å². The van der Waals surface area contributed by atoms with Gasteiger partial charge in [-0.2, -0.15) is 0 Å². The third kappa shape index (κ3) is 3.03. The normalized spacial score (nSPS) is 10.0. The van der Waals surface area contributed by atoms with Crippen LogP contribution in [0, 0.1) is 0 Å². The van der Waals surface area contributed by atoms with Crippen molar-refractivity contribution >= 4 is 22.2 Å². The first-order valence-electron chi connectivity index (χ1n) is 4.23. The van der Waals surface area contributed by atoms with Crippen LogP contribution in [0.3, 0.4) is 0 Å². The number of benzene rings is 1. The Morgan fingerprint density at radius 3 is 2.29 bits per heavy atom. The molecule has 0 saturated heterocycles. The Morgan fingerprint density at radius 2 is 1.86 bits per heavy atom. The molecule has 0 heterocycles. The summed E-state index contributed by atoms with van der Waals surface area (Å²) in [4.78, 5) is 11.0. The molecule has 0 fully saturated rings. The zero-order valence-corrected chi connectivity index (χ0v) is 9.58. The number of carbonyl (C=O) groups excluding carboxylic acids is 1. The van der Waals surface area contributed by atoms with Crippen molar-refractivity contribution in [1.29, 1.82) is 0 Å². The van der Waals surface area contributed by atoms with Gasteiger partial charge in [0.2, 0.25) is 0 Å². The van der Waals surface area contributed by atoms with Crippen molar-refractivity contribution in [3.05, 3.63) is 29.8 Å². The summed E-state index contributed by atoms with van der Waals surface area (Å²) in [5.41, 5.74) is 0.484. The van der Waals surface area contributed by atoms with E-state index in [0.717, 1.165) is 5.75 Å². The van der Waals surface area contributed by atoms with E-state index in [1.807, 2.05) is 13.8 Å². The molecule has 1 aromatic rings. The van der Waals surface area contributed by atoms with E-state index in [4.69, 9.17) is 4.74 Å². The van der Waals surface area contributed by atoms with Crippen LogP contribution in [-0.4, -0.2) is 12.1 Å². The number of hydrogen-bond donors (Lipinski definition) is 0. The Labute approximate surface area is 91.5 Å². The first-order valence-corrected chi connectivity index (χ1v) is 4.88. The van der Waals surface area contributed by atoms with E-state index in [1.165, 1.54) is 0 Å². The van der Waals surface area contributed by atoms with Crippen LogP contribution in [-0.2, 0) is 3.83 Å². The lowest BCUT2D eigenvalue weighted by Gasteiger charge is -2.09. The minimum atomic E-state index is -0.416. The second-order valence-electron chi connectivity index (χ2n) is 3.06. The fraction of sp³-hybridized carbons (Fsp3) is 0.300. The molecule has 0 radical (unpaired) electrons. The number of carbonyl (C=O) groups is 1. The second-order valence-corrected chi connectivity index (χ2v) is 3.38. The van der Waals surface area contributed by atoms with Gasteiger partial charge in [0.1, 0.15) is 5.75 Å². The molecule has 0 saturated carbocycles. The van der Waals surface area contributed by atoms with Crippen LogP contribution in [0.5, 0.6) is 5.75 Å². The molecule has 0 amide bonds. The molecule has 0 spiro atoms. The summed E-state index contributed by atoms with van der Waals surface area (Å²) < 4.78 is 9.81. The van der Waals surface area contributed by atoms with E-state index in [0.29, 0.717) is 5.56 Å². The highest BCUT2D eigenvalue weighted by Gasteiger charge is 2.05. The summed E-state index contributed by atoms with van der Waals surface area (Å²) in [6.45, 7) is 3.89. The molecule has 0 atom stereocenters. The van der Waals surface area contributed by atoms with Gasteiger partial charge in [0.05, 0.1) is 11.7 Å². The first kappa shape index (κ1) is 11.0. The van der Waals surface area contributed by atoms with Gasteiger partial charge in [0, 0.05) is 0 Å². The molecule has 3 nitrogen and oxygen atoms in total. The van der Waals surface area contributed by atoms with Crippen LogP contribution >= 0.6 is 16.3 Å². The van der Waals surface area contributed by atoms with Crippen LogP contribution < -0.4 is 4.74 Å². The van der Waals surface area contributed by atoms with Crippen LogP contribution in [0.15, 0.2) is 24.3 Å². The van der Waals surface area contributed by atoms with Crippen molar-refractivity contribution < 1.29 is 13.4 Å². The molecule has 14 heavy (non-hydrogen) atoms. The van der Waals surface area contributed by atoms with E-state index in [9.17, 15) is 4.79 Å². The number of rotatable bonds is 3. The fourth-order valence-corrected chi connectivity index (χ4v) is 1.17. The average Bonchev–Trinajstić information content (AvgIpc) is 2.17. The molecule has 0 aliphatic heterocycles. The molecule has 76 valence electrons. The molecule has 0 bridgehead atoms. The van der Waals surface area contributed by atoms with Gasteiger partial charge in [-0.1, -0.05) is 0 Å². The van der Waals surface area contributed by atoms with Crippen molar-refractivity contribution in [3.63, 3.8) is 0 Å². The topological polar surface area (TPSA) is 35.5 Å². The Balaban J connectivity index is 2.73. The molecular formula is C10H11BrO3. The SMILES string of the molecule is CC(C)Oc1ccc(C(=O)OBr)cc1. The summed E-state index contributed by atoms with van der Waals surface area (Å²) in [6.07, 6.45) is 0.129. The van der Waals surface area contributed by atoms with Crippen molar-refractivity contribution in [2.24, 2.45) is 0 Å². The van der Waals surface area contributed by atoms with Gasteiger partial charge in [-0.25, -0.2) is 4.79 Å². The molecule has 4 heteroatoms. The number of halogens is 1. The molecule has 0 aliphatic rings. The van der Waals surface area contributed by atoms with E-state index < -0.39 is 5.97 Å². The molecule has 0 N–H and O–H groups in total. The van der Waals surface area contributed by atoms with E-state index in [1.54, 1.807) is 24.3 Å². The largest absolute Gasteiger partial charge is 0.491 e. The van der Waals surface area contributed by atoms with E-state index >= 15 is 0 Å². The smallest absolute Gasteiger partial charge is 0.349 e. The summed E-state index contributed by atoms with van der Waals surface area (Å²) in [6, 6.07) is 6.78. The van der Waals surface area contributed by atoms with Gasteiger partial charge < -0.3 is 8.57 Å². The Hall–Kier alpha value is -1.03. The molecule has 0 unspecified atom stereocenters. The van der Waals surface area contributed by atoms with Crippen molar-refractivity contribution in [3.8, 4) is 5.75 Å². The third-order valence-electron chi connectivity index (χ3n) is 1.53. The standard InChI is InChI=1S/C10H11BrO3/c1-7(2)13-9-5-3-8(4-6-9)10(12)14-11/h3-7H,1-2H3. The van der Waals surface area contributed by atoms with Crippen LogP contribution in [0.25, 0.3) is 0 Å². The summed E-state index contributed by atoms with van der Waals surface area (Å²) in [5, 5.41) is 0. The number of ether oxygens (including phenoxy) is 1. The molecular weight excluding hydrogens is 248 g/mol. The predicted molar refractivity (Wildman–Crippen MR) is 56.5 cm³/mol. The maximum absolute atomic E-state index is 11.0. The van der Waals surface area contributed by atoms with Crippen LogP contribution in [0.2, 0.25) is 0 Å². The maximum atomic E-state index is 11.0. The summed E-state index contributed by atoms with van der Waals surface area (Å²) in [5.74, 6) is 0.326. The highest BCUT2D eigenvalue weighted by atomic mass is 79.9. The minimum absolute atomic E-state index is 0.129. The average molecular weight is 259 g/mol. The lowest BCUT2D eigenvalue weighted by Crippen LogP contribution is -2.05. The summed E-state index contributed by atoms with van der Waals surface area (Å²) in [7, 11) is 0. The highest BCUT2D eigenvalue weighted by Crippen LogP contribution is 2.14. The Morgan fingerprint density at radius 1 is 1.29 bits per heavy atom. The first-order chi connectivity index (χ1) is 6.63. The highest BCUT2D eigenvalue weighted by molar-refractivity contribution is 9.06. The minimum Gasteiger partial charge on any atom is -0.491 e. The van der Waals surface area contributed by atoms with Gasteiger partial charge in [-0.05, 0) is 38.1 Å². The Bertz CT molecular complexity index is 306. The lowest BCUT2D eigenvalue weighted by molar-refractivity contribution is 0.0782. The fourth-order valence-electron chi connectivity index (χ4n) is 0.986. The van der Waals surface area contributed by atoms with Crippen LogP contribution in [0.1, 0.15) is 24.2 Å². The molecule has 1 aromatic carbocycles. The molecule has 0 aromatic heterocycles. The van der Waals surface area contributed by atoms with Gasteiger partial charge in [0.25, 0.3) is 0 Å². The zero-order chi connectivity index (χ0) is 10.6. The second kappa shape index (κ2) is 5.00. The monoisotopic (exact) mass is 258 g/mol. The quantitative estimate of drug-likeness (QED) is 0.837. The third-order valence-corrected chi connectivity index (χ3v) is 1.83. The van der Waals surface area contributed by atoms with E-state index in [2.05, 4.69) is 20.1 Å². The van der Waals surface area contributed by atoms with Gasteiger partial charge in [0.15, 0.2) is 16.3 Å². The number of hydrogen-bond acceptors (Lipinski definition) is 3. The van der Waals surface area contributed by atoms with Gasteiger partial charge in [-0.3, -0.25) is 0 Å². The lowest BCUT2D eigenvalue weighted by atomic mass is 10.2. The molecule has 0 aliphatic carbocycles. The van der Waals surface area contributed by atoms with E-state index in [-0.39, 0.29) is 6.10 Å². The summed E-state index contributed by atoms with van der Waals surface area (Å²) >= 11 is 2.63. The van der Waals surface area contributed by atoms with Crippen LogP contribution in [0.4, 0.5) is 0 Å². The van der Waals surface area contributed by atoms with Crippen molar-refractivity contribution in [1.82, 2.24) is 0 Å². The maximum Gasteiger partial charge on any atom is 0.349 e. The zero-order valence-electron chi connectivity index (χ0n) is 7.99. The van der Waals surface area contributed by atoms with Gasteiger partial charge in [-0.15, -0.1) is 0 Å². The van der Waals surface area contributed by atoms with Crippen molar-refractivity contribution in [2.45, 2.75) is 20.0 Å². The van der Waals surface area contributed by atoms with Gasteiger partial charge >= 0.3 is 5.97 Å². The predicted octanol–water partition coefficient (Wildman–Crippen LogP) is 2.94. The Kier molecular flexibility index (Phi) is 3.95.